The van der Waals surface area contributed by atoms with Crippen LogP contribution in [0.3, 0.4) is 0 Å². The Morgan fingerprint density at radius 3 is 2.50 bits per heavy atom. The zero-order chi connectivity index (χ0) is 19.5. The van der Waals surface area contributed by atoms with Crippen LogP contribution in [0.1, 0.15) is 31.6 Å². The molecule has 2 aromatic heterocycles. The monoisotopic (exact) mass is 403 g/mol. The Balaban J connectivity index is 1.25. The summed E-state index contributed by atoms with van der Waals surface area (Å²) < 4.78 is 5.38. The van der Waals surface area contributed by atoms with E-state index >= 15 is 0 Å². The van der Waals surface area contributed by atoms with Gasteiger partial charge in [0.05, 0.1) is 11.4 Å². The SMILES string of the molecule is NC(=O)C1CCN(C(=O)C2CCN(Cc3nc(-c4cccs4)no3)CC2)CC1. The first-order valence-corrected chi connectivity index (χ1v) is 10.6. The van der Waals surface area contributed by atoms with E-state index in [1.807, 2.05) is 22.4 Å². The van der Waals surface area contributed by atoms with Gasteiger partial charge in [0.2, 0.25) is 23.5 Å². The van der Waals surface area contributed by atoms with Crippen LogP contribution < -0.4 is 5.73 Å². The van der Waals surface area contributed by atoms with Gasteiger partial charge in [0.15, 0.2) is 0 Å². The molecule has 0 bridgehead atoms. The van der Waals surface area contributed by atoms with E-state index in [1.165, 1.54) is 0 Å². The van der Waals surface area contributed by atoms with Crippen LogP contribution in [0.5, 0.6) is 0 Å². The number of piperidine rings is 2. The highest BCUT2D eigenvalue weighted by molar-refractivity contribution is 7.13. The Morgan fingerprint density at radius 2 is 1.86 bits per heavy atom. The molecule has 9 heteroatoms. The van der Waals surface area contributed by atoms with Gasteiger partial charge in [-0.2, -0.15) is 4.98 Å². The van der Waals surface area contributed by atoms with Crippen molar-refractivity contribution in [1.82, 2.24) is 19.9 Å². The number of amides is 2. The van der Waals surface area contributed by atoms with Gasteiger partial charge in [0.1, 0.15) is 0 Å². The fourth-order valence-corrected chi connectivity index (χ4v) is 4.65. The molecular weight excluding hydrogens is 378 g/mol. The summed E-state index contributed by atoms with van der Waals surface area (Å²) in [7, 11) is 0. The summed E-state index contributed by atoms with van der Waals surface area (Å²) >= 11 is 1.59. The van der Waals surface area contributed by atoms with Crippen molar-refractivity contribution < 1.29 is 14.1 Å². The largest absolute Gasteiger partial charge is 0.369 e. The second-order valence-electron chi connectivity index (χ2n) is 7.54. The summed E-state index contributed by atoms with van der Waals surface area (Å²) in [5, 5.41) is 6.04. The van der Waals surface area contributed by atoms with Crippen molar-refractivity contribution in [3.8, 4) is 10.7 Å². The Morgan fingerprint density at radius 1 is 1.14 bits per heavy atom. The van der Waals surface area contributed by atoms with Crippen molar-refractivity contribution in [3.63, 3.8) is 0 Å². The molecule has 2 aromatic rings. The van der Waals surface area contributed by atoms with Gasteiger partial charge in [-0.05, 0) is 50.2 Å². The van der Waals surface area contributed by atoms with Gasteiger partial charge in [0, 0.05) is 24.9 Å². The molecular formula is C19H25N5O3S. The fraction of sp³-hybridized carbons (Fsp3) is 0.579. The molecule has 2 N–H and O–H groups in total. The van der Waals surface area contributed by atoms with Crippen LogP contribution in [0, 0.1) is 11.8 Å². The van der Waals surface area contributed by atoms with E-state index in [-0.39, 0.29) is 23.7 Å². The number of aromatic nitrogens is 2. The predicted molar refractivity (Wildman–Crippen MR) is 104 cm³/mol. The average Bonchev–Trinajstić information content (AvgIpc) is 3.40. The summed E-state index contributed by atoms with van der Waals surface area (Å²) in [4.78, 5) is 33.7. The quantitative estimate of drug-likeness (QED) is 0.815. The molecule has 0 spiro atoms. The molecule has 8 nitrogen and oxygen atoms in total. The lowest BCUT2D eigenvalue weighted by atomic mass is 9.92. The summed E-state index contributed by atoms with van der Waals surface area (Å²) in [6, 6.07) is 3.94. The number of primary amides is 1. The lowest BCUT2D eigenvalue weighted by molar-refractivity contribution is -0.140. The van der Waals surface area contributed by atoms with Crippen LogP contribution in [0.4, 0.5) is 0 Å². The number of thiophene rings is 1. The molecule has 0 radical (unpaired) electrons. The molecule has 0 unspecified atom stereocenters. The highest BCUT2D eigenvalue weighted by Gasteiger charge is 2.32. The van der Waals surface area contributed by atoms with Crippen molar-refractivity contribution in [2.45, 2.75) is 32.2 Å². The van der Waals surface area contributed by atoms with Gasteiger partial charge >= 0.3 is 0 Å². The van der Waals surface area contributed by atoms with E-state index in [2.05, 4.69) is 15.0 Å². The van der Waals surface area contributed by atoms with Gasteiger partial charge < -0.3 is 15.2 Å². The van der Waals surface area contributed by atoms with Crippen molar-refractivity contribution in [1.29, 1.82) is 0 Å². The van der Waals surface area contributed by atoms with Crippen LogP contribution in [0.2, 0.25) is 0 Å². The molecule has 2 saturated heterocycles. The van der Waals surface area contributed by atoms with Crippen LogP contribution in [0.15, 0.2) is 22.0 Å². The van der Waals surface area contributed by atoms with Crippen LogP contribution in [-0.4, -0.2) is 57.9 Å². The number of nitrogens with two attached hydrogens (primary N) is 1. The number of likely N-dealkylation sites (tertiary alicyclic amines) is 2. The maximum atomic E-state index is 12.8. The van der Waals surface area contributed by atoms with E-state index in [9.17, 15) is 9.59 Å². The van der Waals surface area contributed by atoms with E-state index in [0.29, 0.717) is 44.2 Å². The number of nitrogens with zero attached hydrogens (tertiary/aromatic N) is 4. The van der Waals surface area contributed by atoms with E-state index in [1.54, 1.807) is 11.3 Å². The molecule has 2 amide bonds. The van der Waals surface area contributed by atoms with E-state index < -0.39 is 0 Å². The van der Waals surface area contributed by atoms with Crippen LogP contribution in [0.25, 0.3) is 10.7 Å². The topological polar surface area (TPSA) is 106 Å². The average molecular weight is 404 g/mol. The van der Waals surface area contributed by atoms with Crippen molar-refractivity contribution in [2.75, 3.05) is 26.2 Å². The molecule has 0 saturated carbocycles. The molecule has 2 aliphatic rings. The van der Waals surface area contributed by atoms with Crippen molar-refractivity contribution in [2.24, 2.45) is 17.6 Å². The Hall–Kier alpha value is -2.26. The molecule has 4 rings (SSSR count). The second kappa shape index (κ2) is 8.40. The van der Waals surface area contributed by atoms with Gasteiger partial charge in [-0.1, -0.05) is 11.2 Å². The molecule has 2 aliphatic heterocycles. The standard InChI is InChI=1S/C19H25N5O3S/c20-17(25)13-5-9-24(10-6-13)19(26)14-3-7-23(8-4-14)12-16-21-18(22-27-16)15-2-1-11-28-15/h1-2,11,13-14H,3-10,12H2,(H2,20,25). The summed E-state index contributed by atoms with van der Waals surface area (Å²) in [6.07, 6.45) is 3.04. The maximum Gasteiger partial charge on any atom is 0.241 e. The fourth-order valence-electron chi connectivity index (χ4n) is 4.00. The third-order valence-electron chi connectivity index (χ3n) is 5.71. The molecule has 0 aromatic carbocycles. The Labute approximate surface area is 167 Å². The Kier molecular flexibility index (Phi) is 5.72. The molecule has 150 valence electrons. The van der Waals surface area contributed by atoms with Crippen LogP contribution in [-0.2, 0) is 16.1 Å². The third-order valence-corrected chi connectivity index (χ3v) is 6.58. The second-order valence-corrected chi connectivity index (χ2v) is 8.49. The first-order chi connectivity index (χ1) is 13.6. The number of rotatable bonds is 5. The van der Waals surface area contributed by atoms with Gasteiger partial charge in [-0.3, -0.25) is 14.5 Å². The highest BCUT2D eigenvalue weighted by atomic mass is 32.1. The maximum absolute atomic E-state index is 12.8. The molecule has 2 fully saturated rings. The first-order valence-electron chi connectivity index (χ1n) is 9.77. The summed E-state index contributed by atoms with van der Waals surface area (Å²) in [5.41, 5.74) is 5.37. The zero-order valence-corrected chi connectivity index (χ0v) is 16.6. The summed E-state index contributed by atoms with van der Waals surface area (Å²) in [6.45, 7) is 3.57. The van der Waals surface area contributed by atoms with Gasteiger partial charge in [-0.25, -0.2) is 0 Å². The number of carbonyl (C=O) groups is 2. The molecule has 0 aliphatic carbocycles. The Bertz CT molecular complexity index is 805. The smallest absolute Gasteiger partial charge is 0.241 e. The molecule has 28 heavy (non-hydrogen) atoms. The summed E-state index contributed by atoms with van der Waals surface area (Å²) in [5.74, 6) is 1.20. The van der Waals surface area contributed by atoms with E-state index in [4.69, 9.17) is 10.3 Å². The van der Waals surface area contributed by atoms with E-state index in [0.717, 1.165) is 30.8 Å². The predicted octanol–water partition coefficient (Wildman–Crippen LogP) is 1.73. The minimum absolute atomic E-state index is 0.0609. The zero-order valence-electron chi connectivity index (χ0n) is 15.7. The lowest BCUT2D eigenvalue weighted by Crippen LogP contribution is -2.46. The number of hydrogen-bond donors (Lipinski definition) is 1. The minimum atomic E-state index is -0.247. The minimum Gasteiger partial charge on any atom is -0.369 e. The number of carbonyl (C=O) groups excluding carboxylic acids is 2. The molecule has 4 heterocycles. The molecule has 0 atom stereocenters. The highest BCUT2D eigenvalue weighted by Crippen LogP contribution is 2.25. The normalized spacial score (nSPS) is 19.8. The number of hydrogen-bond acceptors (Lipinski definition) is 7. The van der Waals surface area contributed by atoms with Gasteiger partial charge in [-0.15, -0.1) is 11.3 Å². The lowest BCUT2D eigenvalue weighted by Gasteiger charge is -2.36. The third kappa shape index (κ3) is 4.25. The van der Waals surface area contributed by atoms with Crippen molar-refractivity contribution >= 4 is 23.2 Å². The van der Waals surface area contributed by atoms with Crippen LogP contribution >= 0.6 is 11.3 Å². The first kappa shape index (κ1) is 19.1. The van der Waals surface area contributed by atoms with Gasteiger partial charge in [0.25, 0.3) is 0 Å². The van der Waals surface area contributed by atoms with Crippen molar-refractivity contribution in [3.05, 3.63) is 23.4 Å².